The minimum atomic E-state index is -0.433. The highest BCUT2D eigenvalue weighted by molar-refractivity contribution is 6.62. The minimum absolute atomic E-state index is 0.401. The van der Waals surface area contributed by atoms with Gasteiger partial charge in [0.2, 0.25) is 0 Å². The van der Waals surface area contributed by atoms with E-state index in [9.17, 15) is 0 Å². The number of fused-ring (bicyclic) bond motifs is 5. The molecule has 4 heteroatoms. The van der Waals surface area contributed by atoms with E-state index in [1.54, 1.807) is 0 Å². The molecule has 0 aliphatic carbocycles. The summed E-state index contributed by atoms with van der Waals surface area (Å²) in [4.78, 5) is 0. The van der Waals surface area contributed by atoms with Crippen molar-refractivity contribution in [2.24, 2.45) is 0 Å². The maximum atomic E-state index is 6.47. The van der Waals surface area contributed by atoms with Gasteiger partial charge < -0.3 is 13.9 Å². The lowest BCUT2D eigenvalue weighted by molar-refractivity contribution is 0.00578. The second-order valence-corrected chi connectivity index (χ2v) is 11.3. The van der Waals surface area contributed by atoms with E-state index in [2.05, 4.69) is 141 Å². The Morgan fingerprint density at radius 1 is 0.605 bits per heavy atom. The molecule has 7 rings (SSSR count). The van der Waals surface area contributed by atoms with Gasteiger partial charge >= 0.3 is 7.12 Å². The summed E-state index contributed by atoms with van der Waals surface area (Å²) < 4.78 is 15.3. The van der Waals surface area contributed by atoms with Gasteiger partial charge in [-0.15, -0.1) is 0 Å². The highest BCUT2D eigenvalue weighted by atomic mass is 16.7. The molecule has 186 valence electrons. The molecule has 3 nitrogen and oxygen atoms in total. The highest BCUT2D eigenvalue weighted by Gasteiger charge is 2.51. The lowest BCUT2D eigenvalue weighted by Crippen LogP contribution is -2.41. The molecule has 5 aromatic carbocycles. The smallest absolute Gasteiger partial charge is 0.399 e. The van der Waals surface area contributed by atoms with Crippen LogP contribution in [0.15, 0.2) is 109 Å². The van der Waals surface area contributed by atoms with Gasteiger partial charge in [0.25, 0.3) is 0 Å². The van der Waals surface area contributed by atoms with E-state index in [0.717, 1.165) is 11.2 Å². The van der Waals surface area contributed by atoms with E-state index in [1.165, 1.54) is 43.7 Å². The van der Waals surface area contributed by atoms with Crippen LogP contribution < -0.4 is 5.46 Å². The van der Waals surface area contributed by atoms with Crippen molar-refractivity contribution in [1.82, 2.24) is 4.57 Å². The van der Waals surface area contributed by atoms with E-state index in [1.807, 2.05) is 0 Å². The zero-order valence-electron chi connectivity index (χ0n) is 22.2. The molecular formula is C34H30BNO2. The van der Waals surface area contributed by atoms with Gasteiger partial charge in [0.05, 0.1) is 27.9 Å². The van der Waals surface area contributed by atoms with Crippen LogP contribution in [0.25, 0.3) is 49.4 Å². The second-order valence-electron chi connectivity index (χ2n) is 11.3. The fraction of sp³-hybridized carbons (Fsp3) is 0.176. The Morgan fingerprint density at radius 3 is 2.03 bits per heavy atom. The topological polar surface area (TPSA) is 23.4 Å². The van der Waals surface area contributed by atoms with Gasteiger partial charge in [-0.1, -0.05) is 91.0 Å². The maximum absolute atomic E-state index is 6.47. The molecule has 38 heavy (non-hydrogen) atoms. The van der Waals surface area contributed by atoms with Gasteiger partial charge in [-0.05, 0) is 67.7 Å². The molecule has 0 unspecified atom stereocenters. The fourth-order valence-electron chi connectivity index (χ4n) is 5.72. The summed E-state index contributed by atoms with van der Waals surface area (Å²) in [5.74, 6) is 0. The quantitative estimate of drug-likeness (QED) is 0.233. The summed E-state index contributed by atoms with van der Waals surface area (Å²) in [6.45, 7) is 8.41. The van der Waals surface area contributed by atoms with E-state index in [4.69, 9.17) is 9.31 Å². The Labute approximate surface area is 223 Å². The zero-order chi connectivity index (χ0) is 26.1. The van der Waals surface area contributed by atoms with Crippen molar-refractivity contribution in [2.45, 2.75) is 38.9 Å². The summed E-state index contributed by atoms with van der Waals surface area (Å²) in [6, 6.07) is 39.1. The van der Waals surface area contributed by atoms with Gasteiger partial charge in [0.15, 0.2) is 0 Å². The third-order valence-electron chi connectivity index (χ3n) is 8.44. The van der Waals surface area contributed by atoms with Crippen LogP contribution in [0.2, 0.25) is 0 Å². The van der Waals surface area contributed by atoms with Crippen molar-refractivity contribution in [1.29, 1.82) is 0 Å². The molecule has 0 radical (unpaired) electrons. The Morgan fingerprint density at radius 2 is 1.26 bits per heavy atom. The third-order valence-corrected chi connectivity index (χ3v) is 8.44. The van der Waals surface area contributed by atoms with Crippen LogP contribution in [0.3, 0.4) is 0 Å². The van der Waals surface area contributed by atoms with Crippen molar-refractivity contribution < 1.29 is 9.31 Å². The molecule has 1 aliphatic heterocycles. The summed E-state index contributed by atoms with van der Waals surface area (Å²) in [5, 5.41) is 5.04. The molecule has 1 aromatic heterocycles. The van der Waals surface area contributed by atoms with Crippen molar-refractivity contribution >= 4 is 45.2 Å². The summed E-state index contributed by atoms with van der Waals surface area (Å²) in [6.07, 6.45) is 0. The molecule has 0 amide bonds. The number of benzene rings is 5. The van der Waals surface area contributed by atoms with E-state index >= 15 is 0 Å². The van der Waals surface area contributed by atoms with Crippen LogP contribution in [0, 0.1) is 0 Å². The Bertz CT molecular complexity index is 1820. The Balaban J connectivity index is 1.55. The van der Waals surface area contributed by atoms with E-state index < -0.39 is 18.3 Å². The first kappa shape index (κ1) is 23.3. The van der Waals surface area contributed by atoms with Crippen molar-refractivity contribution in [3.05, 3.63) is 109 Å². The van der Waals surface area contributed by atoms with Crippen LogP contribution in [-0.4, -0.2) is 22.9 Å². The summed E-state index contributed by atoms with van der Waals surface area (Å²) in [7, 11) is -0.433. The first-order chi connectivity index (χ1) is 18.3. The third kappa shape index (κ3) is 3.44. The van der Waals surface area contributed by atoms with Gasteiger partial charge in [0.1, 0.15) is 0 Å². The lowest BCUT2D eigenvalue weighted by atomic mass is 9.78. The first-order valence-electron chi connectivity index (χ1n) is 13.3. The zero-order valence-corrected chi connectivity index (χ0v) is 22.2. The number of rotatable bonds is 3. The Hall–Kier alpha value is -3.86. The highest BCUT2D eigenvalue weighted by Crippen LogP contribution is 2.40. The van der Waals surface area contributed by atoms with Gasteiger partial charge in [0, 0.05) is 16.3 Å². The van der Waals surface area contributed by atoms with Crippen molar-refractivity contribution in [2.75, 3.05) is 0 Å². The Kier molecular flexibility index (Phi) is 5.10. The minimum Gasteiger partial charge on any atom is -0.399 e. The molecule has 0 N–H and O–H groups in total. The predicted molar refractivity (Wildman–Crippen MR) is 159 cm³/mol. The molecule has 1 aliphatic rings. The standard InChI is InChI=1S/C34H30BNO2/c1-33(2)34(3,4)38-35(37-33)25-19-20-26(23-12-6-5-7-13-23)31(22-25)36-29-17-11-10-16-28(29)32-27-15-9-8-14-24(27)18-21-30(32)36/h5-22H,1-4H3. The molecule has 1 fully saturated rings. The maximum Gasteiger partial charge on any atom is 0.494 e. The normalized spacial score (nSPS) is 16.6. The molecule has 0 atom stereocenters. The molecule has 1 saturated heterocycles. The molecule has 6 aromatic rings. The van der Waals surface area contributed by atoms with E-state index in [-0.39, 0.29) is 0 Å². The van der Waals surface area contributed by atoms with Crippen LogP contribution >= 0.6 is 0 Å². The van der Waals surface area contributed by atoms with Gasteiger partial charge in [-0.2, -0.15) is 0 Å². The molecule has 2 heterocycles. The van der Waals surface area contributed by atoms with Crippen LogP contribution in [0.4, 0.5) is 0 Å². The van der Waals surface area contributed by atoms with E-state index in [0.29, 0.717) is 0 Å². The van der Waals surface area contributed by atoms with Crippen LogP contribution in [0.1, 0.15) is 27.7 Å². The monoisotopic (exact) mass is 495 g/mol. The number of para-hydroxylation sites is 1. The molecule has 0 saturated carbocycles. The molecule has 0 spiro atoms. The number of aromatic nitrogens is 1. The second kappa shape index (κ2) is 8.32. The number of hydrogen-bond donors (Lipinski definition) is 0. The van der Waals surface area contributed by atoms with Crippen molar-refractivity contribution in [3.63, 3.8) is 0 Å². The lowest BCUT2D eigenvalue weighted by Gasteiger charge is -2.32. The summed E-state index contributed by atoms with van der Waals surface area (Å²) in [5.41, 5.74) is 6.05. The average Bonchev–Trinajstić information content (AvgIpc) is 3.38. The van der Waals surface area contributed by atoms with Gasteiger partial charge in [-0.25, -0.2) is 0 Å². The number of hydrogen-bond acceptors (Lipinski definition) is 2. The first-order valence-corrected chi connectivity index (χ1v) is 13.3. The van der Waals surface area contributed by atoms with Crippen LogP contribution in [0.5, 0.6) is 0 Å². The van der Waals surface area contributed by atoms with Gasteiger partial charge in [-0.3, -0.25) is 0 Å². The SMILES string of the molecule is CC1(C)OB(c2ccc(-c3ccccc3)c(-n3c4ccccc4c4c5ccccc5ccc43)c2)OC1(C)C. The fourth-order valence-corrected chi connectivity index (χ4v) is 5.72. The predicted octanol–water partition coefficient (Wildman–Crippen LogP) is 7.90. The van der Waals surface area contributed by atoms with Crippen LogP contribution in [-0.2, 0) is 9.31 Å². The molecule has 0 bridgehead atoms. The largest absolute Gasteiger partial charge is 0.494 e. The number of nitrogens with zero attached hydrogens (tertiary/aromatic N) is 1. The average molecular weight is 495 g/mol. The van der Waals surface area contributed by atoms with Crippen molar-refractivity contribution in [3.8, 4) is 16.8 Å². The summed E-state index contributed by atoms with van der Waals surface area (Å²) >= 11 is 0. The molecular weight excluding hydrogens is 465 g/mol.